The molecule has 1 atom stereocenters. The van der Waals surface area contributed by atoms with Crippen LogP contribution in [0.25, 0.3) is 0 Å². The van der Waals surface area contributed by atoms with Gasteiger partial charge in [-0.25, -0.2) is 0 Å². The molecule has 0 aromatic rings. The number of β-amino-alcohol motifs (C(OH)–C–C–N with tert-alkyl or cyclic N) is 1. The average molecular weight is 352 g/mol. The highest BCUT2D eigenvalue weighted by Crippen LogP contribution is 2.40. The minimum Gasteiger partial charge on any atom is -0.395 e. The molecular weight excluding hydrogens is 320 g/mol. The molecule has 25 heavy (non-hydrogen) atoms. The molecule has 1 spiro atoms. The standard InChI is InChI=1S/C19H32N2O4/c22-13-12-21-14-19(7-6-16(21)23)8-10-20(11-9-19)18(25)17(24)15-4-2-1-3-5-15/h15,17,22,24H,1-14H2. The van der Waals surface area contributed by atoms with Crippen molar-refractivity contribution in [1.82, 2.24) is 9.80 Å². The van der Waals surface area contributed by atoms with Gasteiger partial charge in [-0.3, -0.25) is 9.59 Å². The maximum absolute atomic E-state index is 12.7. The first kappa shape index (κ1) is 18.6. The van der Waals surface area contributed by atoms with Gasteiger partial charge in [0.15, 0.2) is 0 Å². The number of piperidine rings is 2. The van der Waals surface area contributed by atoms with Crippen molar-refractivity contribution in [2.75, 3.05) is 32.8 Å². The van der Waals surface area contributed by atoms with E-state index >= 15 is 0 Å². The molecule has 2 aliphatic heterocycles. The Bertz CT molecular complexity index is 482. The predicted octanol–water partition coefficient (Wildman–Crippen LogP) is 1.15. The number of likely N-dealkylation sites (tertiary alicyclic amines) is 2. The van der Waals surface area contributed by atoms with Crippen LogP contribution in [0.4, 0.5) is 0 Å². The summed E-state index contributed by atoms with van der Waals surface area (Å²) in [6.07, 6.45) is 7.71. The third-order valence-corrected chi connectivity index (χ3v) is 6.60. The zero-order valence-electron chi connectivity index (χ0n) is 15.2. The van der Waals surface area contributed by atoms with E-state index in [1.807, 2.05) is 4.90 Å². The van der Waals surface area contributed by atoms with Crippen molar-refractivity contribution >= 4 is 11.8 Å². The van der Waals surface area contributed by atoms with Crippen molar-refractivity contribution < 1.29 is 19.8 Å². The fraction of sp³-hybridized carbons (Fsp3) is 0.895. The molecule has 2 heterocycles. The summed E-state index contributed by atoms with van der Waals surface area (Å²) in [6.45, 7) is 2.44. The summed E-state index contributed by atoms with van der Waals surface area (Å²) in [4.78, 5) is 28.2. The zero-order valence-corrected chi connectivity index (χ0v) is 15.2. The zero-order chi connectivity index (χ0) is 17.9. The SMILES string of the molecule is O=C1CCC2(CCN(C(=O)C(O)C3CCCCC3)CC2)CN1CCO. The first-order valence-electron chi connectivity index (χ1n) is 9.90. The van der Waals surface area contributed by atoms with E-state index in [1.165, 1.54) is 6.42 Å². The molecule has 0 aromatic heterocycles. The highest BCUT2D eigenvalue weighted by molar-refractivity contribution is 5.81. The van der Waals surface area contributed by atoms with Gasteiger partial charge in [-0.1, -0.05) is 19.3 Å². The lowest BCUT2D eigenvalue weighted by atomic mass is 9.72. The van der Waals surface area contributed by atoms with Crippen molar-refractivity contribution in [2.45, 2.75) is 63.9 Å². The van der Waals surface area contributed by atoms with Crippen molar-refractivity contribution in [1.29, 1.82) is 0 Å². The molecule has 1 aliphatic carbocycles. The van der Waals surface area contributed by atoms with Gasteiger partial charge in [-0.2, -0.15) is 0 Å². The number of aliphatic hydroxyl groups excluding tert-OH is 2. The number of hydrogen-bond donors (Lipinski definition) is 2. The number of amides is 2. The van der Waals surface area contributed by atoms with Crippen LogP contribution < -0.4 is 0 Å². The van der Waals surface area contributed by atoms with E-state index in [9.17, 15) is 14.7 Å². The van der Waals surface area contributed by atoms with Crippen LogP contribution in [-0.2, 0) is 9.59 Å². The lowest BCUT2D eigenvalue weighted by Crippen LogP contribution is -2.54. The highest BCUT2D eigenvalue weighted by atomic mass is 16.3. The molecule has 0 aromatic carbocycles. The lowest BCUT2D eigenvalue weighted by molar-refractivity contribution is -0.149. The maximum Gasteiger partial charge on any atom is 0.251 e. The largest absolute Gasteiger partial charge is 0.395 e. The van der Waals surface area contributed by atoms with Gasteiger partial charge in [0, 0.05) is 32.6 Å². The van der Waals surface area contributed by atoms with Crippen LogP contribution in [0.3, 0.4) is 0 Å². The van der Waals surface area contributed by atoms with Crippen LogP contribution in [0.15, 0.2) is 0 Å². The van der Waals surface area contributed by atoms with Crippen molar-refractivity contribution in [2.24, 2.45) is 11.3 Å². The summed E-state index contributed by atoms with van der Waals surface area (Å²) in [6, 6.07) is 0. The van der Waals surface area contributed by atoms with Crippen LogP contribution in [0.1, 0.15) is 57.8 Å². The molecular formula is C19H32N2O4. The molecule has 2 saturated heterocycles. The molecule has 0 radical (unpaired) electrons. The highest BCUT2D eigenvalue weighted by Gasteiger charge is 2.42. The number of carbonyl (C=O) groups is 2. The van der Waals surface area contributed by atoms with Crippen LogP contribution in [-0.4, -0.2) is 70.7 Å². The maximum atomic E-state index is 12.7. The minimum absolute atomic E-state index is 0.0000117. The van der Waals surface area contributed by atoms with Gasteiger partial charge in [0.1, 0.15) is 6.10 Å². The second-order valence-corrected chi connectivity index (χ2v) is 8.21. The van der Waals surface area contributed by atoms with Crippen molar-refractivity contribution in [3.05, 3.63) is 0 Å². The van der Waals surface area contributed by atoms with Crippen LogP contribution in [0.2, 0.25) is 0 Å². The first-order chi connectivity index (χ1) is 12.0. The van der Waals surface area contributed by atoms with Gasteiger partial charge in [0.05, 0.1) is 6.61 Å². The summed E-state index contributed by atoms with van der Waals surface area (Å²) in [5.41, 5.74) is 0.0790. The quantitative estimate of drug-likeness (QED) is 0.795. The molecule has 142 valence electrons. The van der Waals surface area contributed by atoms with E-state index in [4.69, 9.17) is 5.11 Å². The Morgan fingerprint density at radius 3 is 2.48 bits per heavy atom. The summed E-state index contributed by atoms with van der Waals surface area (Å²) < 4.78 is 0. The number of hydrogen-bond acceptors (Lipinski definition) is 4. The van der Waals surface area contributed by atoms with Crippen LogP contribution in [0, 0.1) is 11.3 Å². The normalized spacial score (nSPS) is 26.1. The molecule has 1 unspecified atom stereocenters. The molecule has 3 rings (SSSR count). The smallest absolute Gasteiger partial charge is 0.251 e. The van der Waals surface area contributed by atoms with E-state index in [1.54, 1.807) is 4.90 Å². The summed E-state index contributed by atoms with van der Waals surface area (Å²) in [5, 5.41) is 19.6. The molecule has 2 N–H and O–H groups in total. The number of rotatable bonds is 4. The molecule has 1 saturated carbocycles. The minimum atomic E-state index is -0.840. The van der Waals surface area contributed by atoms with Crippen molar-refractivity contribution in [3.8, 4) is 0 Å². The topological polar surface area (TPSA) is 81.1 Å². The Hall–Kier alpha value is -1.14. The van der Waals surface area contributed by atoms with Crippen LogP contribution >= 0.6 is 0 Å². The van der Waals surface area contributed by atoms with E-state index in [0.29, 0.717) is 32.6 Å². The second kappa shape index (κ2) is 8.04. The number of nitrogens with zero attached hydrogens (tertiary/aromatic N) is 2. The van der Waals surface area contributed by atoms with Gasteiger partial charge in [0.25, 0.3) is 5.91 Å². The first-order valence-corrected chi connectivity index (χ1v) is 9.90. The molecule has 6 nitrogen and oxygen atoms in total. The van der Waals surface area contributed by atoms with Gasteiger partial charge in [-0.05, 0) is 43.4 Å². The van der Waals surface area contributed by atoms with Crippen LogP contribution in [0.5, 0.6) is 0 Å². The molecule has 0 bridgehead atoms. The fourth-order valence-electron chi connectivity index (χ4n) is 4.87. The summed E-state index contributed by atoms with van der Waals surface area (Å²) >= 11 is 0. The fourth-order valence-corrected chi connectivity index (χ4v) is 4.87. The predicted molar refractivity (Wildman–Crippen MR) is 93.7 cm³/mol. The Kier molecular flexibility index (Phi) is 6.00. The molecule has 3 fully saturated rings. The van der Waals surface area contributed by atoms with Crippen molar-refractivity contribution in [3.63, 3.8) is 0 Å². The summed E-state index contributed by atoms with van der Waals surface area (Å²) in [7, 11) is 0. The van der Waals surface area contributed by atoms with E-state index in [-0.39, 0.29) is 29.8 Å². The van der Waals surface area contributed by atoms with E-state index < -0.39 is 6.10 Å². The Labute approximate surface area is 150 Å². The molecule has 2 amide bonds. The molecule has 6 heteroatoms. The Morgan fingerprint density at radius 2 is 1.84 bits per heavy atom. The van der Waals surface area contributed by atoms with Gasteiger partial charge < -0.3 is 20.0 Å². The van der Waals surface area contributed by atoms with E-state index in [0.717, 1.165) is 44.9 Å². The van der Waals surface area contributed by atoms with Gasteiger partial charge >= 0.3 is 0 Å². The molecule has 3 aliphatic rings. The lowest BCUT2D eigenvalue weighted by Gasteiger charge is -2.47. The average Bonchev–Trinajstić information content (AvgIpc) is 2.65. The Balaban J connectivity index is 1.54. The van der Waals surface area contributed by atoms with E-state index in [2.05, 4.69) is 0 Å². The Morgan fingerprint density at radius 1 is 1.16 bits per heavy atom. The monoisotopic (exact) mass is 352 g/mol. The third-order valence-electron chi connectivity index (χ3n) is 6.60. The summed E-state index contributed by atoms with van der Waals surface area (Å²) in [5.74, 6) is 0.163. The third kappa shape index (κ3) is 4.17. The number of aliphatic hydroxyl groups is 2. The van der Waals surface area contributed by atoms with Gasteiger partial charge in [0.2, 0.25) is 5.91 Å². The second-order valence-electron chi connectivity index (χ2n) is 8.21. The van der Waals surface area contributed by atoms with Gasteiger partial charge in [-0.15, -0.1) is 0 Å². The number of carbonyl (C=O) groups excluding carboxylic acids is 2.